The summed E-state index contributed by atoms with van der Waals surface area (Å²) < 4.78 is 0. The van der Waals surface area contributed by atoms with Crippen LogP contribution in [0.4, 0.5) is 5.69 Å². The number of nitro groups is 1. The van der Waals surface area contributed by atoms with Crippen LogP contribution in [0.5, 0.6) is 0 Å². The number of hydrogen-bond acceptors (Lipinski definition) is 3. The molecule has 0 saturated heterocycles. The van der Waals surface area contributed by atoms with E-state index >= 15 is 0 Å². The fraction of sp³-hybridized carbons (Fsp3) is 0. The van der Waals surface area contributed by atoms with Gasteiger partial charge in [-0.2, -0.15) is 5.26 Å². The predicted molar refractivity (Wildman–Crippen MR) is 68.3 cm³/mol. The summed E-state index contributed by atoms with van der Waals surface area (Å²) in [6, 6.07) is 13.1. The van der Waals surface area contributed by atoms with E-state index in [1.54, 1.807) is 30.3 Å². The van der Waals surface area contributed by atoms with Crippen molar-refractivity contribution in [2.75, 3.05) is 0 Å². The van der Waals surface area contributed by atoms with Crippen molar-refractivity contribution in [3.8, 4) is 17.2 Å². The van der Waals surface area contributed by atoms with E-state index in [2.05, 4.69) is 0 Å². The highest BCUT2D eigenvalue weighted by Gasteiger charge is 2.11. The maximum atomic E-state index is 10.6. The molecular formula is C13H7ClN2O2. The Balaban J connectivity index is 2.55. The third kappa shape index (κ3) is 2.31. The highest BCUT2D eigenvalue weighted by molar-refractivity contribution is 6.30. The van der Waals surface area contributed by atoms with Crippen molar-refractivity contribution in [2.24, 2.45) is 0 Å². The second-order valence-corrected chi connectivity index (χ2v) is 4.04. The Morgan fingerprint density at radius 2 is 1.83 bits per heavy atom. The monoisotopic (exact) mass is 258 g/mol. The number of nitrogens with zero attached hydrogens (tertiary/aromatic N) is 2. The molecule has 0 aliphatic heterocycles. The fourth-order valence-corrected chi connectivity index (χ4v) is 1.75. The number of halogens is 1. The third-order valence-electron chi connectivity index (χ3n) is 2.49. The van der Waals surface area contributed by atoms with Crippen LogP contribution in [0.3, 0.4) is 0 Å². The molecule has 0 atom stereocenters. The van der Waals surface area contributed by atoms with Gasteiger partial charge in [-0.1, -0.05) is 23.7 Å². The topological polar surface area (TPSA) is 66.9 Å². The quantitative estimate of drug-likeness (QED) is 0.608. The maximum absolute atomic E-state index is 10.6. The summed E-state index contributed by atoms with van der Waals surface area (Å²) in [6.07, 6.45) is 0. The van der Waals surface area contributed by atoms with Gasteiger partial charge in [0, 0.05) is 17.2 Å². The van der Waals surface area contributed by atoms with Crippen LogP contribution in [0.25, 0.3) is 11.1 Å². The maximum Gasteiger partial charge on any atom is 0.270 e. The molecule has 0 aromatic heterocycles. The molecule has 2 aromatic carbocycles. The molecule has 0 aliphatic carbocycles. The van der Waals surface area contributed by atoms with Crippen molar-refractivity contribution in [1.29, 1.82) is 5.26 Å². The van der Waals surface area contributed by atoms with Crippen LogP contribution in [0.1, 0.15) is 5.56 Å². The Bertz CT molecular complexity index is 645. The average molecular weight is 259 g/mol. The van der Waals surface area contributed by atoms with Gasteiger partial charge in [-0.05, 0) is 29.3 Å². The summed E-state index contributed by atoms with van der Waals surface area (Å²) in [5, 5.41) is 20.3. The molecule has 0 spiro atoms. The minimum atomic E-state index is -0.521. The molecule has 4 nitrogen and oxygen atoms in total. The highest BCUT2D eigenvalue weighted by atomic mass is 35.5. The Kier molecular flexibility index (Phi) is 3.26. The molecule has 0 aliphatic rings. The van der Waals surface area contributed by atoms with Gasteiger partial charge in [0.1, 0.15) is 6.07 Å². The molecule has 2 aromatic rings. The number of nitriles is 1. The van der Waals surface area contributed by atoms with Crippen molar-refractivity contribution < 1.29 is 4.92 Å². The van der Waals surface area contributed by atoms with Gasteiger partial charge in [0.2, 0.25) is 0 Å². The first kappa shape index (κ1) is 12.1. The third-order valence-corrected chi connectivity index (χ3v) is 2.74. The molecule has 88 valence electrons. The summed E-state index contributed by atoms with van der Waals surface area (Å²) in [7, 11) is 0. The van der Waals surface area contributed by atoms with E-state index in [9.17, 15) is 10.1 Å². The van der Waals surface area contributed by atoms with Crippen molar-refractivity contribution in [1.82, 2.24) is 0 Å². The zero-order valence-electron chi connectivity index (χ0n) is 9.13. The number of benzene rings is 2. The highest BCUT2D eigenvalue weighted by Crippen LogP contribution is 2.27. The Morgan fingerprint density at radius 1 is 1.17 bits per heavy atom. The molecule has 0 fully saturated rings. The Morgan fingerprint density at radius 3 is 2.39 bits per heavy atom. The van der Waals surface area contributed by atoms with Crippen LogP contribution in [0.15, 0.2) is 42.5 Å². The van der Waals surface area contributed by atoms with Gasteiger partial charge >= 0.3 is 0 Å². The molecule has 18 heavy (non-hydrogen) atoms. The second kappa shape index (κ2) is 4.86. The molecule has 0 saturated carbocycles. The smallest absolute Gasteiger partial charge is 0.258 e. The normalized spacial score (nSPS) is 9.78. The summed E-state index contributed by atoms with van der Waals surface area (Å²) in [4.78, 5) is 10.1. The number of rotatable bonds is 2. The molecule has 0 unspecified atom stereocenters. The predicted octanol–water partition coefficient (Wildman–Crippen LogP) is 3.79. The van der Waals surface area contributed by atoms with Crippen molar-refractivity contribution in [2.45, 2.75) is 0 Å². The molecule has 0 bridgehead atoms. The van der Waals surface area contributed by atoms with E-state index < -0.39 is 4.92 Å². The molecular weight excluding hydrogens is 252 g/mol. The first-order valence-corrected chi connectivity index (χ1v) is 5.44. The van der Waals surface area contributed by atoms with E-state index in [-0.39, 0.29) is 11.3 Å². The average Bonchev–Trinajstić information content (AvgIpc) is 2.39. The van der Waals surface area contributed by atoms with Gasteiger partial charge in [0.25, 0.3) is 5.69 Å². The van der Waals surface area contributed by atoms with E-state index in [4.69, 9.17) is 16.9 Å². The van der Waals surface area contributed by atoms with Gasteiger partial charge in [0.15, 0.2) is 0 Å². The lowest BCUT2D eigenvalue weighted by atomic mass is 10.00. The van der Waals surface area contributed by atoms with E-state index in [0.29, 0.717) is 10.6 Å². The van der Waals surface area contributed by atoms with Crippen LogP contribution >= 0.6 is 11.6 Å². The lowest BCUT2D eigenvalue weighted by Crippen LogP contribution is -1.91. The van der Waals surface area contributed by atoms with Crippen LogP contribution in [0, 0.1) is 21.4 Å². The van der Waals surface area contributed by atoms with Gasteiger partial charge in [-0.15, -0.1) is 0 Å². The number of non-ortho nitro benzene ring substituents is 1. The van der Waals surface area contributed by atoms with Crippen molar-refractivity contribution in [3.05, 3.63) is 63.2 Å². The standard InChI is InChI=1S/C13H7ClN2O2/c14-11-3-1-9(2-4-11)13-6-5-12(16(17)18)7-10(13)8-15/h1-7H. The molecule has 0 amide bonds. The molecule has 0 radical (unpaired) electrons. The number of hydrogen-bond donors (Lipinski definition) is 0. The summed E-state index contributed by atoms with van der Waals surface area (Å²) in [6.45, 7) is 0. The molecule has 0 heterocycles. The fourth-order valence-electron chi connectivity index (χ4n) is 1.62. The lowest BCUT2D eigenvalue weighted by molar-refractivity contribution is -0.384. The van der Waals surface area contributed by atoms with Crippen molar-refractivity contribution >= 4 is 17.3 Å². The van der Waals surface area contributed by atoms with Gasteiger partial charge in [-0.25, -0.2) is 0 Å². The van der Waals surface area contributed by atoms with Gasteiger partial charge < -0.3 is 0 Å². The van der Waals surface area contributed by atoms with E-state index in [0.717, 1.165) is 5.56 Å². The Hall–Kier alpha value is -2.38. The molecule has 5 heteroatoms. The molecule has 2 rings (SSSR count). The Labute approximate surface area is 108 Å². The number of nitro benzene ring substituents is 1. The van der Waals surface area contributed by atoms with Crippen LogP contribution in [-0.2, 0) is 0 Å². The van der Waals surface area contributed by atoms with E-state index in [1.165, 1.54) is 12.1 Å². The zero-order chi connectivity index (χ0) is 13.1. The summed E-state index contributed by atoms with van der Waals surface area (Å²) >= 11 is 5.79. The first-order chi connectivity index (χ1) is 8.61. The minimum absolute atomic E-state index is 0.0933. The van der Waals surface area contributed by atoms with Crippen molar-refractivity contribution in [3.63, 3.8) is 0 Å². The SMILES string of the molecule is N#Cc1cc([N+](=O)[O-])ccc1-c1ccc(Cl)cc1. The second-order valence-electron chi connectivity index (χ2n) is 3.61. The van der Waals surface area contributed by atoms with E-state index in [1.807, 2.05) is 6.07 Å². The summed E-state index contributed by atoms with van der Waals surface area (Å²) in [5.74, 6) is 0. The van der Waals surface area contributed by atoms with Crippen LogP contribution < -0.4 is 0 Å². The van der Waals surface area contributed by atoms with Crippen LogP contribution in [-0.4, -0.2) is 4.92 Å². The zero-order valence-corrected chi connectivity index (χ0v) is 9.89. The lowest BCUT2D eigenvalue weighted by Gasteiger charge is -2.04. The first-order valence-electron chi connectivity index (χ1n) is 5.06. The van der Waals surface area contributed by atoms with Gasteiger partial charge in [-0.3, -0.25) is 10.1 Å². The minimum Gasteiger partial charge on any atom is -0.258 e. The van der Waals surface area contributed by atoms with Crippen LogP contribution in [0.2, 0.25) is 5.02 Å². The summed E-state index contributed by atoms with van der Waals surface area (Å²) in [5.41, 5.74) is 1.63. The van der Waals surface area contributed by atoms with Gasteiger partial charge in [0.05, 0.1) is 10.5 Å². The molecule has 0 N–H and O–H groups in total. The largest absolute Gasteiger partial charge is 0.270 e.